The molecule has 136 valence electrons. The van der Waals surface area contributed by atoms with Crippen molar-refractivity contribution in [3.8, 4) is 0 Å². The number of piperazine rings is 1. The Balaban J connectivity index is 1.39. The van der Waals surface area contributed by atoms with Crippen LogP contribution in [0.2, 0.25) is 0 Å². The molecule has 0 aromatic rings. The van der Waals surface area contributed by atoms with Crippen LogP contribution < -0.4 is 21.3 Å². The summed E-state index contributed by atoms with van der Waals surface area (Å²) in [4.78, 5) is 13.0. The van der Waals surface area contributed by atoms with Gasteiger partial charge in [0.25, 0.3) is 0 Å². The van der Waals surface area contributed by atoms with Crippen LogP contribution in [0.1, 0.15) is 52.4 Å². The van der Waals surface area contributed by atoms with Crippen LogP contribution in [-0.2, 0) is 4.79 Å². The van der Waals surface area contributed by atoms with E-state index in [0.717, 1.165) is 19.5 Å². The van der Waals surface area contributed by atoms with E-state index in [9.17, 15) is 4.79 Å². The molecule has 2 saturated carbocycles. The Morgan fingerprint density at radius 2 is 1.88 bits per heavy atom. The Morgan fingerprint density at radius 1 is 1.08 bits per heavy atom. The fourth-order valence-corrected chi connectivity index (χ4v) is 5.38. The number of carbonyl (C=O) groups is 1. The molecule has 4 aliphatic rings. The first-order valence-electron chi connectivity index (χ1n) is 10.2. The molecule has 2 heterocycles. The summed E-state index contributed by atoms with van der Waals surface area (Å²) in [7, 11) is 0. The van der Waals surface area contributed by atoms with Crippen molar-refractivity contribution in [2.45, 2.75) is 82.6 Å². The normalized spacial score (nSPS) is 43.9. The van der Waals surface area contributed by atoms with Crippen molar-refractivity contribution in [2.75, 3.05) is 13.1 Å². The van der Waals surface area contributed by atoms with E-state index in [0.29, 0.717) is 35.9 Å². The van der Waals surface area contributed by atoms with Crippen molar-refractivity contribution in [1.82, 2.24) is 21.3 Å². The topological polar surface area (TPSA) is 65.2 Å². The maximum Gasteiger partial charge on any atom is 0.237 e. The van der Waals surface area contributed by atoms with Gasteiger partial charge in [0.1, 0.15) is 0 Å². The van der Waals surface area contributed by atoms with Crippen molar-refractivity contribution in [2.24, 2.45) is 17.8 Å². The third kappa shape index (κ3) is 3.35. The lowest BCUT2D eigenvalue weighted by Gasteiger charge is -2.38. The highest BCUT2D eigenvalue weighted by Gasteiger charge is 2.44. The minimum atomic E-state index is 0.0219. The zero-order valence-electron chi connectivity index (χ0n) is 15.2. The molecule has 7 unspecified atom stereocenters. The molecule has 1 amide bonds. The number of hydrogen-bond acceptors (Lipinski definition) is 4. The number of rotatable bonds is 4. The highest BCUT2D eigenvalue weighted by Crippen LogP contribution is 2.38. The Kier molecular flexibility index (Phi) is 4.85. The fraction of sp³-hybridized carbons (Fsp3) is 0.947. The van der Waals surface area contributed by atoms with Gasteiger partial charge in [0, 0.05) is 37.3 Å². The molecule has 0 bridgehead atoms. The summed E-state index contributed by atoms with van der Waals surface area (Å²) in [6.07, 6.45) is 7.49. The Hall–Kier alpha value is -0.650. The first-order valence-corrected chi connectivity index (χ1v) is 10.2. The lowest BCUT2D eigenvalue weighted by molar-refractivity contribution is -0.124. The van der Waals surface area contributed by atoms with E-state index >= 15 is 0 Å². The van der Waals surface area contributed by atoms with E-state index in [2.05, 4.69) is 35.1 Å². The lowest BCUT2D eigenvalue weighted by atomic mass is 9.78. The average molecular weight is 335 g/mol. The van der Waals surface area contributed by atoms with Gasteiger partial charge in [-0.25, -0.2) is 0 Å². The van der Waals surface area contributed by atoms with Crippen LogP contribution in [0.15, 0.2) is 0 Å². The molecule has 7 atom stereocenters. The van der Waals surface area contributed by atoms with Gasteiger partial charge in [-0.1, -0.05) is 13.3 Å². The van der Waals surface area contributed by atoms with Gasteiger partial charge in [0.2, 0.25) is 5.91 Å². The third-order valence-electron chi connectivity index (χ3n) is 6.94. The van der Waals surface area contributed by atoms with Crippen LogP contribution in [0.5, 0.6) is 0 Å². The molecule has 4 fully saturated rings. The van der Waals surface area contributed by atoms with Crippen LogP contribution in [-0.4, -0.2) is 49.2 Å². The second kappa shape index (κ2) is 6.93. The summed E-state index contributed by atoms with van der Waals surface area (Å²) in [6.45, 7) is 6.60. The molecule has 24 heavy (non-hydrogen) atoms. The zero-order valence-corrected chi connectivity index (χ0v) is 15.2. The van der Waals surface area contributed by atoms with Crippen LogP contribution in [0, 0.1) is 17.8 Å². The summed E-state index contributed by atoms with van der Waals surface area (Å²) in [5, 5.41) is 14.3. The molecule has 5 heteroatoms. The standard InChI is InChI=1S/C19H34N4O/c1-11-4-3-5-14-10-15(22-16(11)14)19(24)23-18(13-6-7-13)17-12(2)20-8-9-21-17/h11-18,20-22H,3-10H2,1-2H3,(H,23,24). The van der Waals surface area contributed by atoms with Gasteiger partial charge < -0.3 is 21.3 Å². The average Bonchev–Trinajstić information content (AvgIpc) is 3.31. The second-order valence-electron chi connectivity index (χ2n) is 8.74. The number of amides is 1. The maximum absolute atomic E-state index is 13.0. The monoisotopic (exact) mass is 334 g/mol. The summed E-state index contributed by atoms with van der Waals surface area (Å²) in [6, 6.07) is 1.64. The van der Waals surface area contributed by atoms with Gasteiger partial charge >= 0.3 is 0 Å². The molecular weight excluding hydrogens is 300 g/mol. The molecule has 4 N–H and O–H groups in total. The molecule has 0 aromatic carbocycles. The Bertz CT molecular complexity index is 466. The van der Waals surface area contributed by atoms with Crippen molar-refractivity contribution < 1.29 is 4.79 Å². The molecular formula is C19H34N4O. The minimum Gasteiger partial charge on any atom is -0.350 e. The molecule has 2 aliphatic heterocycles. The van der Waals surface area contributed by atoms with Crippen LogP contribution >= 0.6 is 0 Å². The second-order valence-corrected chi connectivity index (χ2v) is 8.74. The number of fused-ring (bicyclic) bond motifs is 1. The van der Waals surface area contributed by atoms with Gasteiger partial charge in [0.15, 0.2) is 0 Å². The summed E-state index contributed by atoms with van der Waals surface area (Å²) < 4.78 is 0. The summed E-state index contributed by atoms with van der Waals surface area (Å²) in [5.74, 6) is 2.33. The molecule has 2 aliphatic carbocycles. The smallest absolute Gasteiger partial charge is 0.237 e. The summed E-state index contributed by atoms with van der Waals surface area (Å²) in [5.41, 5.74) is 0. The first-order chi connectivity index (χ1) is 11.6. The van der Waals surface area contributed by atoms with Gasteiger partial charge in [-0.05, 0) is 56.8 Å². The third-order valence-corrected chi connectivity index (χ3v) is 6.94. The van der Waals surface area contributed by atoms with Crippen molar-refractivity contribution in [3.05, 3.63) is 0 Å². The van der Waals surface area contributed by atoms with E-state index in [1.165, 1.54) is 32.1 Å². The fourth-order valence-electron chi connectivity index (χ4n) is 5.38. The molecule has 4 rings (SSSR count). The van der Waals surface area contributed by atoms with Crippen LogP contribution in [0.4, 0.5) is 0 Å². The maximum atomic E-state index is 13.0. The van der Waals surface area contributed by atoms with E-state index in [1.807, 2.05) is 0 Å². The number of carbonyl (C=O) groups excluding carboxylic acids is 1. The first kappa shape index (κ1) is 16.8. The Labute approximate surface area is 146 Å². The van der Waals surface area contributed by atoms with Gasteiger partial charge in [0.05, 0.1) is 6.04 Å². The minimum absolute atomic E-state index is 0.0219. The molecule has 0 radical (unpaired) electrons. The Morgan fingerprint density at radius 3 is 2.58 bits per heavy atom. The number of nitrogens with one attached hydrogen (secondary N) is 4. The van der Waals surface area contributed by atoms with Crippen LogP contribution in [0.3, 0.4) is 0 Å². The molecule has 0 spiro atoms. The predicted molar refractivity (Wildman–Crippen MR) is 95.7 cm³/mol. The highest BCUT2D eigenvalue weighted by atomic mass is 16.2. The van der Waals surface area contributed by atoms with E-state index in [-0.39, 0.29) is 18.0 Å². The van der Waals surface area contributed by atoms with Crippen molar-refractivity contribution >= 4 is 5.91 Å². The quantitative estimate of drug-likeness (QED) is 0.619. The van der Waals surface area contributed by atoms with Gasteiger partial charge in [-0.3, -0.25) is 4.79 Å². The SMILES string of the molecule is CC1CCCC2CC(C(=O)NC(C3CC3)C3NCCNC3C)NC12. The summed E-state index contributed by atoms with van der Waals surface area (Å²) >= 11 is 0. The molecule has 2 saturated heterocycles. The lowest BCUT2D eigenvalue weighted by Crippen LogP contribution is -2.64. The van der Waals surface area contributed by atoms with Crippen molar-refractivity contribution in [3.63, 3.8) is 0 Å². The molecule has 0 aromatic heterocycles. The number of hydrogen-bond donors (Lipinski definition) is 4. The van der Waals surface area contributed by atoms with E-state index in [1.54, 1.807) is 0 Å². The van der Waals surface area contributed by atoms with Gasteiger partial charge in [-0.15, -0.1) is 0 Å². The zero-order chi connectivity index (χ0) is 16.7. The molecule has 5 nitrogen and oxygen atoms in total. The van der Waals surface area contributed by atoms with Crippen LogP contribution in [0.25, 0.3) is 0 Å². The van der Waals surface area contributed by atoms with Gasteiger partial charge in [-0.2, -0.15) is 0 Å². The highest BCUT2D eigenvalue weighted by molar-refractivity contribution is 5.82. The van der Waals surface area contributed by atoms with Crippen molar-refractivity contribution in [1.29, 1.82) is 0 Å². The largest absolute Gasteiger partial charge is 0.350 e. The van der Waals surface area contributed by atoms with E-state index in [4.69, 9.17) is 0 Å². The predicted octanol–water partition coefficient (Wildman–Crippen LogP) is 0.998. The van der Waals surface area contributed by atoms with E-state index < -0.39 is 0 Å².